The van der Waals surface area contributed by atoms with Crippen LogP contribution in [0.15, 0.2) is 53.4 Å². The van der Waals surface area contributed by atoms with Crippen LogP contribution in [0.5, 0.6) is 0 Å². The number of amides is 1. The van der Waals surface area contributed by atoms with Gasteiger partial charge in [0.15, 0.2) is 0 Å². The number of carbonyl (C=O) groups is 1. The maximum atomic E-state index is 13.0. The number of carbonyl (C=O) groups excluding carboxylic acids is 1. The van der Waals surface area contributed by atoms with Crippen molar-refractivity contribution >= 4 is 21.6 Å². The van der Waals surface area contributed by atoms with E-state index < -0.39 is 33.2 Å². The summed E-state index contributed by atoms with van der Waals surface area (Å²) in [5.41, 5.74) is -1.54. The Kier molecular flexibility index (Phi) is 5.19. The first-order valence-corrected chi connectivity index (χ1v) is 8.47. The van der Waals surface area contributed by atoms with E-state index in [4.69, 9.17) is 0 Å². The minimum Gasteiger partial charge on any atom is -0.322 e. The van der Waals surface area contributed by atoms with Crippen molar-refractivity contribution in [3.05, 3.63) is 59.7 Å². The summed E-state index contributed by atoms with van der Waals surface area (Å²) in [6.45, 7) is 0. The molecule has 0 aliphatic carbocycles. The molecule has 2 aromatic carbocycles. The quantitative estimate of drug-likeness (QED) is 0.896. The SMILES string of the molecule is CN(C)S(=O)(=O)c1cccc(NC(=O)c2ccccc2C(F)(F)F)c1. The molecule has 0 saturated heterocycles. The Balaban J connectivity index is 2.35. The van der Waals surface area contributed by atoms with E-state index in [1.54, 1.807) is 0 Å². The number of benzene rings is 2. The summed E-state index contributed by atoms with van der Waals surface area (Å²) in [6, 6.07) is 9.66. The van der Waals surface area contributed by atoms with Crippen LogP contribution in [0.2, 0.25) is 0 Å². The molecule has 2 rings (SSSR count). The Morgan fingerprint density at radius 3 is 2.28 bits per heavy atom. The topological polar surface area (TPSA) is 66.5 Å². The van der Waals surface area contributed by atoms with Crippen molar-refractivity contribution in [3.63, 3.8) is 0 Å². The van der Waals surface area contributed by atoms with Gasteiger partial charge in [0.25, 0.3) is 5.91 Å². The van der Waals surface area contributed by atoms with Gasteiger partial charge in [0, 0.05) is 19.8 Å². The average molecular weight is 372 g/mol. The van der Waals surface area contributed by atoms with E-state index in [1.165, 1.54) is 50.5 Å². The third-order valence-electron chi connectivity index (χ3n) is 3.35. The van der Waals surface area contributed by atoms with Crippen LogP contribution in [0.4, 0.5) is 18.9 Å². The van der Waals surface area contributed by atoms with Crippen LogP contribution in [-0.4, -0.2) is 32.7 Å². The summed E-state index contributed by atoms with van der Waals surface area (Å²) in [6.07, 6.45) is -4.68. The zero-order valence-corrected chi connectivity index (χ0v) is 14.1. The molecule has 0 saturated carbocycles. The number of hydrogen-bond donors (Lipinski definition) is 1. The smallest absolute Gasteiger partial charge is 0.322 e. The summed E-state index contributed by atoms with van der Waals surface area (Å²) in [7, 11) is -1.03. The van der Waals surface area contributed by atoms with E-state index >= 15 is 0 Å². The van der Waals surface area contributed by atoms with E-state index in [0.29, 0.717) is 0 Å². The highest BCUT2D eigenvalue weighted by molar-refractivity contribution is 7.89. The van der Waals surface area contributed by atoms with Gasteiger partial charge < -0.3 is 5.32 Å². The monoisotopic (exact) mass is 372 g/mol. The lowest BCUT2D eigenvalue weighted by molar-refractivity contribution is -0.137. The lowest BCUT2D eigenvalue weighted by Crippen LogP contribution is -2.22. The number of halogens is 3. The molecule has 0 spiro atoms. The Morgan fingerprint density at radius 2 is 1.68 bits per heavy atom. The van der Waals surface area contributed by atoms with Crippen LogP contribution in [0.3, 0.4) is 0 Å². The standard InChI is InChI=1S/C16H15F3N2O3S/c1-21(2)25(23,24)12-7-5-6-11(10-12)20-15(22)13-8-3-4-9-14(13)16(17,18)19/h3-10H,1-2H3,(H,20,22). The number of hydrogen-bond acceptors (Lipinski definition) is 3. The number of nitrogens with zero attached hydrogens (tertiary/aromatic N) is 1. The second-order valence-electron chi connectivity index (χ2n) is 5.31. The van der Waals surface area contributed by atoms with Crippen molar-refractivity contribution in [1.29, 1.82) is 0 Å². The minimum absolute atomic E-state index is 0.0740. The van der Waals surface area contributed by atoms with Crippen LogP contribution in [-0.2, 0) is 16.2 Å². The molecule has 9 heteroatoms. The van der Waals surface area contributed by atoms with Gasteiger partial charge in [-0.25, -0.2) is 12.7 Å². The van der Waals surface area contributed by atoms with E-state index in [9.17, 15) is 26.4 Å². The average Bonchev–Trinajstić information content (AvgIpc) is 2.54. The van der Waals surface area contributed by atoms with Crippen LogP contribution < -0.4 is 5.32 Å². The van der Waals surface area contributed by atoms with Gasteiger partial charge in [-0.05, 0) is 30.3 Å². The van der Waals surface area contributed by atoms with Crippen LogP contribution in [0.25, 0.3) is 0 Å². The molecule has 0 bridgehead atoms. The maximum Gasteiger partial charge on any atom is 0.417 e. The number of sulfonamides is 1. The molecule has 0 fully saturated rings. The maximum absolute atomic E-state index is 13.0. The molecule has 0 aromatic heterocycles. The molecule has 0 radical (unpaired) electrons. The van der Waals surface area contributed by atoms with Crippen LogP contribution >= 0.6 is 0 Å². The summed E-state index contributed by atoms with van der Waals surface area (Å²) in [5, 5.41) is 2.30. The van der Waals surface area contributed by atoms with Crippen LogP contribution in [0.1, 0.15) is 15.9 Å². The van der Waals surface area contributed by atoms with Gasteiger partial charge in [-0.2, -0.15) is 13.2 Å². The lowest BCUT2D eigenvalue weighted by Gasteiger charge is -2.14. The Labute approximate surface area is 143 Å². The molecule has 0 atom stereocenters. The van der Waals surface area contributed by atoms with Crippen molar-refractivity contribution in [2.75, 3.05) is 19.4 Å². The van der Waals surface area contributed by atoms with E-state index in [-0.39, 0.29) is 10.6 Å². The molecule has 25 heavy (non-hydrogen) atoms. The normalized spacial score (nSPS) is 12.2. The summed E-state index contributed by atoms with van der Waals surface area (Å²) >= 11 is 0. The molecule has 134 valence electrons. The number of nitrogens with one attached hydrogen (secondary N) is 1. The van der Waals surface area contributed by atoms with E-state index in [2.05, 4.69) is 5.32 Å². The molecule has 5 nitrogen and oxygen atoms in total. The summed E-state index contributed by atoms with van der Waals surface area (Å²) < 4.78 is 64.1. The molecule has 0 aliphatic rings. The van der Waals surface area contributed by atoms with Crippen molar-refractivity contribution < 1.29 is 26.4 Å². The molecule has 2 aromatic rings. The van der Waals surface area contributed by atoms with Crippen molar-refractivity contribution in [2.45, 2.75) is 11.1 Å². The Bertz CT molecular complexity index is 893. The molecule has 1 N–H and O–H groups in total. The third kappa shape index (κ3) is 4.18. The fourth-order valence-electron chi connectivity index (χ4n) is 2.07. The largest absolute Gasteiger partial charge is 0.417 e. The van der Waals surface area contributed by atoms with Crippen molar-refractivity contribution in [2.24, 2.45) is 0 Å². The number of rotatable bonds is 4. The highest BCUT2D eigenvalue weighted by Gasteiger charge is 2.34. The Morgan fingerprint density at radius 1 is 1.04 bits per heavy atom. The van der Waals surface area contributed by atoms with Gasteiger partial charge in [0.1, 0.15) is 0 Å². The second-order valence-corrected chi connectivity index (χ2v) is 7.46. The van der Waals surface area contributed by atoms with E-state index in [1.807, 2.05) is 0 Å². The number of anilines is 1. The van der Waals surface area contributed by atoms with Gasteiger partial charge in [0.2, 0.25) is 10.0 Å². The predicted octanol–water partition coefficient (Wildman–Crippen LogP) is 3.21. The molecule has 1 amide bonds. The molecular weight excluding hydrogens is 357 g/mol. The molecule has 0 aliphatic heterocycles. The zero-order valence-electron chi connectivity index (χ0n) is 13.3. The highest BCUT2D eigenvalue weighted by atomic mass is 32.2. The fraction of sp³-hybridized carbons (Fsp3) is 0.188. The first-order valence-electron chi connectivity index (χ1n) is 7.03. The van der Waals surface area contributed by atoms with Gasteiger partial charge >= 0.3 is 6.18 Å². The van der Waals surface area contributed by atoms with Crippen molar-refractivity contribution in [3.8, 4) is 0 Å². The predicted molar refractivity (Wildman–Crippen MR) is 86.7 cm³/mol. The fourth-order valence-corrected chi connectivity index (χ4v) is 3.02. The van der Waals surface area contributed by atoms with E-state index in [0.717, 1.165) is 16.4 Å². The Hall–Kier alpha value is -2.39. The third-order valence-corrected chi connectivity index (χ3v) is 5.16. The number of alkyl halides is 3. The van der Waals surface area contributed by atoms with Gasteiger partial charge in [-0.1, -0.05) is 18.2 Å². The molecule has 0 heterocycles. The molecule has 0 unspecified atom stereocenters. The first-order chi connectivity index (χ1) is 11.5. The summed E-state index contributed by atoms with van der Waals surface area (Å²) in [4.78, 5) is 12.1. The lowest BCUT2D eigenvalue weighted by atomic mass is 10.1. The molecular formula is C16H15F3N2O3S. The van der Waals surface area contributed by atoms with Crippen molar-refractivity contribution in [1.82, 2.24) is 4.31 Å². The summed E-state index contributed by atoms with van der Waals surface area (Å²) in [5.74, 6) is -0.979. The van der Waals surface area contributed by atoms with Crippen LogP contribution in [0, 0.1) is 0 Å². The highest BCUT2D eigenvalue weighted by Crippen LogP contribution is 2.32. The second kappa shape index (κ2) is 6.85. The van der Waals surface area contributed by atoms with Gasteiger partial charge in [0.05, 0.1) is 16.0 Å². The van der Waals surface area contributed by atoms with Gasteiger partial charge in [-0.15, -0.1) is 0 Å². The zero-order chi connectivity index (χ0) is 18.8. The first kappa shape index (κ1) is 18.9. The minimum atomic E-state index is -4.68. The van der Waals surface area contributed by atoms with Gasteiger partial charge in [-0.3, -0.25) is 4.79 Å².